The Morgan fingerprint density at radius 1 is 1.17 bits per heavy atom. The molecule has 1 aliphatic carbocycles. The third-order valence-electron chi connectivity index (χ3n) is 4.99. The van der Waals surface area contributed by atoms with Gasteiger partial charge in [0.25, 0.3) is 0 Å². The number of nitrogens with zero attached hydrogens (tertiary/aromatic N) is 1. The van der Waals surface area contributed by atoms with Crippen molar-refractivity contribution in [2.24, 2.45) is 0 Å². The molecule has 1 aromatic rings. The van der Waals surface area contributed by atoms with Gasteiger partial charge in [-0.1, -0.05) is 19.3 Å². The molecular formula is C18H27N3O2S. The number of urea groups is 1. The first-order chi connectivity index (χ1) is 11.6. The van der Waals surface area contributed by atoms with Gasteiger partial charge in [0, 0.05) is 21.8 Å². The molecule has 0 bridgehead atoms. The number of carbonyl (C=O) groups excluding carboxylic acids is 2. The fraction of sp³-hybridized carbons (Fsp3) is 0.667. The van der Waals surface area contributed by atoms with Crippen molar-refractivity contribution >= 4 is 23.3 Å². The highest BCUT2D eigenvalue weighted by molar-refractivity contribution is 7.12. The van der Waals surface area contributed by atoms with Gasteiger partial charge >= 0.3 is 6.03 Å². The van der Waals surface area contributed by atoms with Crippen LogP contribution in [0.5, 0.6) is 0 Å². The van der Waals surface area contributed by atoms with Crippen LogP contribution in [0.2, 0.25) is 0 Å². The molecule has 2 heterocycles. The standard InChI is InChI=1S/C18H27N3O2S/c1-13-9-10-16(24-13)15-8-5-11-21(15)12-17(22)20-18(23)19-14-6-3-2-4-7-14/h9-10,14-15H,2-8,11-12H2,1H3,(H2,19,20,22,23). The minimum Gasteiger partial charge on any atom is -0.335 e. The van der Waals surface area contributed by atoms with Gasteiger partial charge < -0.3 is 5.32 Å². The Kier molecular flexibility index (Phi) is 5.89. The molecule has 2 aliphatic rings. The van der Waals surface area contributed by atoms with Crippen molar-refractivity contribution in [3.63, 3.8) is 0 Å². The minimum atomic E-state index is -0.338. The molecule has 6 heteroatoms. The maximum absolute atomic E-state index is 12.2. The van der Waals surface area contributed by atoms with E-state index in [0.29, 0.717) is 12.6 Å². The summed E-state index contributed by atoms with van der Waals surface area (Å²) in [4.78, 5) is 29.0. The van der Waals surface area contributed by atoms with Gasteiger partial charge in [0.05, 0.1) is 6.54 Å². The lowest BCUT2D eigenvalue weighted by atomic mass is 9.96. The summed E-state index contributed by atoms with van der Waals surface area (Å²) >= 11 is 1.80. The number of amides is 3. The van der Waals surface area contributed by atoms with Crippen LogP contribution in [0.4, 0.5) is 4.79 Å². The van der Waals surface area contributed by atoms with Gasteiger partial charge in [-0.25, -0.2) is 4.79 Å². The largest absolute Gasteiger partial charge is 0.335 e. The Morgan fingerprint density at radius 3 is 2.67 bits per heavy atom. The van der Waals surface area contributed by atoms with Gasteiger partial charge in [-0.15, -0.1) is 11.3 Å². The van der Waals surface area contributed by atoms with E-state index in [4.69, 9.17) is 0 Å². The normalized spacial score (nSPS) is 22.5. The van der Waals surface area contributed by atoms with Gasteiger partial charge in [-0.3, -0.25) is 15.0 Å². The molecule has 2 fully saturated rings. The van der Waals surface area contributed by atoms with E-state index in [9.17, 15) is 9.59 Å². The van der Waals surface area contributed by atoms with Crippen molar-refractivity contribution in [2.45, 2.75) is 64.0 Å². The van der Waals surface area contributed by atoms with Crippen LogP contribution < -0.4 is 10.6 Å². The van der Waals surface area contributed by atoms with Crippen molar-refractivity contribution < 1.29 is 9.59 Å². The number of aryl methyl sites for hydroxylation is 1. The lowest BCUT2D eigenvalue weighted by Crippen LogP contribution is -2.47. The number of hydrogen-bond donors (Lipinski definition) is 2. The number of hydrogen-bond acceptors (Lipinski definition) is 4. The highest BCUT2D eigenvalue weighted by Crippen LogP contribution is 2.35. The van der Waals surface area contributed by atoms with Crippen LogP contribution in [0.25, 0.3) is 0 Å². The first-order valence-corrected chi connectivity index (χ1v) is 9.84. The van der Waals surface area contributed by atoms with E-state index >= 15 is 0 Å². The molecule has 1 atom stereocenters. The van der Waals surface area contributed by atoms with E-state index in [1.807, 2.05) is 0 Å². The van der Waals surface area contributed by atoms with E-state index in [-0.39, 0.29) is 18.0 Å². The summed E-state index contributed by atoms with van der Waals surface area (Å²) in [6.07, 6.45) is 7.80. The highest BCUT2D eigenvalue weighted by atomic mass is 32.1. The summed E-state index contributed by atoms with van der Waals surface area (Å²) in [6.45, 7) is 3.31. The molecule has 3 rings (SSSR count). The molecule has 1 saturated heterocycles. The summed E-state index contributed by atoms with van der Waals surface area (Å²) in [7, 11) is 0. The number of carbonyl (C=O) groups is 2. The Balaban J connectivity index is 1.47. The lowest BCUT2D eigenvalue weighted by molar-refractivity contribution is -0.121. The molecule has 1 aliphatic heterocycles. The van der Waals surface area contributed by atoms with Crippen LogP contribution in [0.3, 0.4) is 0 Å². The second kappa shape index (κ2) is 8.12. The lowest BCUT2D eigenvalue weighted by Gasteiger charge is -2.24. The number of rotatable bonds is 4. The van der Waals surface area contributed by atoms with Gasteiger partial charge in [0.15, 0.2) is 0 Å². The maximum atomic E-state index is 12.2. The zero-order valence-electron chi connectivity index (χ0n) is 14.3. The predicted molar refractivity (Wildman–Crippen MR) is 96.2 cm³/mol. The summed E-state index contributed by atoms with van der Waals surface area (Å²) in [5.41, 5.74) is 0. The quantitative estimate of drug-likeness (QED) is 0.876. The molecule has 1 unspecified atom stereocenters. The second-order valence-electron chi connectivity index (χ2n) is 6.93. The molecule has 1 saturated carbocycles. The van der Waals surface area contributed by atoms with E-state index in [1.165, 1.54) is 16.2 Å². The van der Waals surface area contributed by atoms with Crippen LogP contribution in [0, 0.1) is 6.92 Å². The Bertz CT molecular complexity index is 581. The molecular weight excluding hydrogens is 322 g/mol. The SMILES string of the molecule is Cc1ccc(C2CCCN2CC(=O)NC(=O)NC2CCCCC2)s1. The van der Waals surface area contributed by atoms with Crippen LogP contribution in [0.1, 0.15) is 60.7 Å². The number of imide groups is 1. The van der Waals surface area contributed by atoms with Gasteiger partial charge in [0.2, 0.25) is 5.91 Å². The minimum absolute atomic E-state index is 0.205. The summed E-state index contributed by atoms with van der Waals surface area (Å²) in [6, 6.07) is 4.50. The number of nitrogens with one attached hydrogen (secondary N) is 2. The molecule has 0 radical (unpaired) electrons. The van der Waals surface area contributed by atoms with E-state index < -0.39 is 0 Å². The van der Waals surface area contributed by atoms with Crippen molar-refractivity contribution in [3.05, 3.63) is 21.9 Å². The van der Waals surface area contributed by atoms with Crippen LogP contribution in [-0.2, 0) is 4.79 Å². The molecule has 3 amide bonds. The first-order valence-electron chi connectivity index (χ1n) is 9.02. The molecule has 5 nitrogen and oxygen atoms in total. The molecule has 0 spiro atoms. The smallest absolute Gasteiger partial charge is 0.321 e. The molecule has 2 N–H and O–H groups in total. The zero-order chi connectivity index (χ0) is 16.9. The molecule has 132 valence electrons. The summed E-state index contributed by atoms with van der Waals surface area (Å²) in [5.74, 6) is -0.205. The topological polar surface area (TPSA) is 61.4 Å². The Labute approximate surface area is 147 Å². The molecule has 0 aromatic carbocycles. The highest BCUT2D eigenvalue weighted by Gasteiger charge is 2.29. The predicted octanol–water partition coefficient (Wildman–Crippen LogP) is 3.35. The first kappa shape index (κ1) is 17.4. The van der Waals surface area contributed by atoms with E-state index in [2.05, 4.69) is 34.6 Å². The molecule has 1 aromatic heterocycles. The van der Waals surface area contributed by atoms with Crippen LogP contribution >= 0.6 is 11.3 Å². The second-order valence-corrected chi connectivity index (χ2v) is 8.25. The monoisotopic (exact) mass is 349 g/mol. The Hall–Kier alpha value is -1.40. The maximum Gasteiger partial charge on any atom is 0.321 e. The average Bonchev–Trinajstić information content (AvgIpc) is 3.16. The van der Waals surface area contributed by atoms with E-state index in [0.717, 1.165) is 45.1 Å². The van der Waals surface area contributed by atoms with Crippen LogP contribution in [0.15, 0.2) is 12.1 Å². The van der Waals surface area contributed by atoms with E-state index in [1.54, 1.807) is 11.3 Å². The summed E-state index contributed by atoms with van der Waals surface area (Å²) < 4.78 is 0. The third kappa shape index (κ3) is 4.57. The third-order valence-corrected chi connectivity index (χ3v) is 6.10. The van der Waals surface area contributed by atoms with Crippen LogP contribution in [-0.4, -0.2) is 36.0 Å². The van der Waals surface area contributed by atoms with Crippen molar-refractivity contribution in [1.29, 1.82) is 0 Å². The van der Waals surface area contributed by atoms with Gasteiger partial charge in [-0.05, 0) is 51.3 Å². The molecule has 24 heavy (non-hydrogen) atoms. The number of likely N-dealkylation sites (tertiary alicyclic amines) is 1. The van der Waals surface area contributed by atoms with Crippen molar-refractivity contribution in [2.75, 3.05) is 13.1 Å². The van der Waals surface area contributed by atoms with Crippen molar-refractivity contribution in [1.82, 2.24) is 15.5 Å². The fourth-order valence-electron chi connectivity index (χ4n) is 3.79. The number of thiophene rings is 1. The average molecular weight is 350 g/mol. The fourth-order valence-corrected chi connectivity index (χ4v) is 4.84. The summed E-state index contributed by atoms with van der Waals surface area (Å²) in [5, 5.41) is 5.44. The zero-order valence-corrected chi connectivity index (χ0v) is 15.2. The Morgan fingerprint density at radius 2 is 1.96 bits per heavy atom. The van der Waals surface area contributed by atoms with Gasteiger partial charge in [-0.2, -0.15) is 0 Å². The van der Waals surface area contributed by atoms with Crippen molar-refractivity contribution in [3.8, 4) is 0 Å². The van der Waals surface area contributed by atoms with Gasteiger partial charge in [0.1, 0.15) is 0 Å².